The van der Waals surface area contributed by atoms with Gasteiger partial charge in [0.25, 0.3) is 0 Å². The maximum absolute atomic E-state index is 13.8. The van der Waals surface area contributed by atoms with Gasteiger partial charge in [-0.3, -0.25) is 4.90 Å². The van der Waals surface area contributed by atoms with Crippen molar-refractivity contribution >= 4 is 0 Å². The van der Waals surface area contributed by atoms with Crippen LogP contribution in [0.2, 0.25) is 0 Å². The summed E-state index contributed by atoms with van der Waals surface area (Å²) in [5.41, 5.74) is 0.465. The topological polar surface area (TPSA) is 15.3 Å². The van der Waals surface area contributed by atoms with Gasteiger partial charge < -0.3 is 5.32 Å². The Bertz CT molecular complexity index is 415. The minimum atomic E-state index is -0.755. The number of benzene rings is 1. The first-order chi connectivity index (χ1) is 9.13. The number of hydrogen-bond donors (Lipinski definition) is 1. The van der Waals surface area contributed by atoms with Crippen molar-refractivity contribution in [2.45, 2.75) is 25.8 Å². The van der Waals surface area contributed by atoms with Crippen LogP contribution in [-0.2, 0) is 0 Å². The van der Waals surface area contributed by atoms with Crippen molar-refractivity contribution in [3.05, 3.63) is 35.4 Å². The van der Waals surface area contributed by atoms with Crippen molar-refractivity contribution in [2.24, 2.45) is 5.92 Å². The van der Waals surface area contributed by atoms with Gasteiger partial charge in [0.2, 0.25) is 0 Å². The van der Waals surface area contributed by atoms with Crippen LogP contribution in [0.5, 0.6) is 0 Å². The Hall–Kier alpha value is -1.00. The molecule has 1 unspecified atom stereocenters. The number of rotatable bonds is 4. The minimum absolute atomic E-state index is 0.0637. The molecule has 2 rings (SSSR count). The molecule has 4 heteroatoms. The summed E-state index contributed by atoms with van der Waals surface area (Å²) in [6.07, 6.45) is 2.23. The van der Waals surface area contributed by atoms with Gasteiger partial charge in [0.1, 0.15) is 0 Å². The first-order valence-corrected chi connectivity index (χ1v) is 6.96. The van der Waals surface area contributed by atoms with E-state index in [4.69, 9.17) is 0 Å². The molecule has 0 bridgehead atoms. The van der Waals surface area contributed by atoms with E-state index in [2.05, 4.69) is 10.2 Å². The van der Waals surface area contributed by atoms with Gasteiger partial charge in [0, 0.05) is 11.6 Å². The molecular weight excluding hydrogens is 246 g/mol. The van der Waals surface area contributed by atoms with Crippen LogP contribution >= 0.6 is 0 Å². The fraction of sp³-hybridized carbons (Fsp3) is 0.600. The maximum atomic E-state index is 13.8. The van der Waals surface area contributed by atoms with Gasteiger partial charge in [-0.05, 0) is 58.4 Å². The number of piperidine rings is 1. The van der Waals surface area contributed by atoms with Crippen LogP contribution < -0.4 is 5.32 Å². The number of hydrogen-bond acceptors (Lipinski definition) is 2. The summed E-state index contributed by atoms with van der Waals surface area (Å²) < 4.78 is 27.1. The lowest BCUT2D eigenvalue weighted by Gasteiger charge is -2.36. The highest BCUT2D eigenvalue weighted by molar-refractivity contribution is 5.22. The van der Waals surface area contributed by atoms with E-state index < -0.39 is 11.6 Å². The second-order valence-electron chi connectivity index (χ2n) is 5.36. The van der Waals surface area contributed by atoms with Crippen LogP contribution in [0.4, 0.5) is 8.78 Å². The standard InChI is InChI=1S/C15H22F2N2/c1-11(13-4-3-5-14(16)15(13)17)19-8-6-12(7-9-19)10-18-2/h3-5,11-12,18H,6-10H2,1-2H3. The molecule has 0 aromatic heterocycles. The lowest BCUT2D eigenvalue weighted by molar-refractivity contribution is 0.138. The molecule has 1 aliphatic rings. The van der Waals surface area contributed by atoms with E-state index in [0.717, 1.165) is 32.5 Å². The fourth-order valence-electron chi connectivity index (χ4n) is 2.87. The lowest BCUT2D eigenvalue weighted by atomic mass is 9.94. The van der Waals surface area contributed by atoms with Crippen LogP contribution in [0, 0.1) is 17.6 Å². The molecule has 0 spiro atoms. The Kier molecular flexibility index (Phi) is 4.88. The third kappa shape index (κ3) is 3.31. The second kappa shape index (κ2) is 6.44. The Balaban J connectivity index is 2.01. The van der Waals surface area contributed by atoms with Crippen molar-refractivity contribution in [1.29, 1.82) is 0 Å². The predicted molar refractivity (Wildman–Crippen MR) is 73.0 cm³/mol. The zero-order valence-electron chi connectivity index (χ0n) is 11.6. The van der Waals surface area contributed by atoms with Crippen LogP contribution in [0.1, 0.15) is 31.4 Å². The SMILES string of the molecule is CNCC1CCN(C(C)c2cccc(F)c2F)CC1. The van der Waals surface area contributed by atoms with Gasteiger partial charge in [-0.2, -0.15) is 0 Å². The number of nitrogens with one attached hydrogen (secondary N) is 1. The van der Waals surface area contributed by atoms with E-state index in [-0.39, 0.29) is 6.04 Å². The zero-order chi connectivity index (χ0) is 13.8. The molecule has 1 N–H and O–H groups in total. The molecule has 1 heterocycles. The molecule has 1 aromatic rings. The van der Waals surface area contributed by atoms with Crippen molar-refractivity contribution in [3.8, 4) is 0 Å². The van der Waals surface area contributed by atoms with Gasteiger partial charge in [-0.25, -0.2) is 8.78 Å². The summed E-state index contributed by atoms with van der Waals surface area (Å²) in [5, 5.41) is 3.20. The van der Waals surface area contributed by atoms with E-state index in [1.807, 2.05) is 14.0 Å². The first-order valence-electron chi connectivity index (χ1n) is 6.96. The second-order valence-corrected chi connectivity index (χ2v) is 5.36. The van der Waals surface area contributed by atoms with E-state index in [1.165, 1.54) is 6.07 Å². The summed E-state index contributed by atoms with van der Waals surface area (Å²) in [5.74, 6) is -0.757. The molecule has 1 aromatic carbocycles. The monoisotopic (exact) mass is 268 g/mol. The number of nitrogens with zero attached hydrogens (tertiary/aromatic N) is 1. The van der Waals surface area contributed by atoms with E-state index in [9.17, 15) is 8.78 Å². The summed E-state index contributed by atoms with van der Waals surface area (Å²) in [4.78, 5) is 2.24. The molecule has 19 heavy (non-hydrogen) atoms. The normalized spacial score (nSPS) is 19.6. The average Bonchev–Trinajstić information content (AvgIpc) is 2.42. The largest absolute Gasteiger partial charge is 0.319 e. The van der Waals surface area contributed by atoms with E-state index in [0.29, 0.717) is 11.5 Å². The smallest absolute Gasteiger partial charge is 0.163 e. The van der Waals surface area contributed by atoms with Crippen LogP contribution in [0.15, 0.2) is 18.2 Å². The highest BCUT2D eigenvalue weighted by atomic mass is 19.2. The Morgan fingerprint density at radius 3 is 2.63 bits per heavy atom. The van der Waals surface area contributed by atoms with Crippen molar-refractivity contribution < 1.29 is 8.78 Å². The third-order valence-corrected chi connectivity index (χ3v) is 4.12. The highest BCUT2D eigenvalue weighted by Crippen LogP contribution is 2.28. The molecule has 0 saturated carbocycles. The molecule has 1 fully saturated rings. The molecule has 0 amide bonds. The zero-order valence-corrected chi connectivity index (χ0v) is 11.6. The molecule has 1 saturated heterocycles. The van der Waals surface area contributed by atoms with E-state index >= 15 is 0 Å². The predicted octanol–water partition coefficient (Wildman–Crippen LogP) is 2.96. The molecule has 106 valence electrons. The molecule has 1 atom stereocenters. The van der Waals surface area contributed by atoms with Crippen LogP contribution in [0.25, 0.3) is 0 Å². The molecule has 0 radical (unpaired) electrons. The van der Waals surface area contributed by atoms with E-state index in [1.54, 1.807) is 12.1 Å². The van der Waals surface area contributed by atoms with Gasteiger partial charge in [0.15, 0.2) is 11.6 Å². The summed E-state index contributed by atoms with van der Waals surface area (Å²) in [6, 6.07) is 4.37. The third-order valence-electron chi connectivity index (χ3n) is 4.12. The summed E-state index contributed by atoms with van der Waals surface area (Å²) >= 11 is 0. The Labute approximate surface area is 113 Å². The maximum Gasteiger partial charge on any atom is 0.163 e. The molecule has 1 aliphatic heterocycles. The molecule has 2 nitrogen and oxygen atoms in total. The highest BCUT2D eigenvalue weighted by Gasteiger charge is 2.25. The lowest BCUT2D eigenvalue weighted by Crippen LogP contribution is -2.38. The quantitative estimate of drug-likeness (QED) is 0.903. The van der Waals surface area contributed by atoms with Gasteiger partial charge >= 0.3 is 0 Å². The fourth-order valence-corrected chi connectivity index (χ4v) is 2.87. The number of halogens is 2. The minimum Gasteiger partial charge on any atom is -0.319 e. The molecule has 0 aliphatic carbocycles. The summed E-state index contributed by atoms with van der Waals surface area (Å²) in [7, 11) is 1.97. The van der Waals surface area contributed by atoms with Gasteiger partial charge in [0.05, 0.1) is 0 Å². The molecular formula is C15H22F2N2. The Morgan fingerprint density at radius 2 is 2.00 bits per heavy atom. The van der Waals surface area contributed by atoms with Crippen molar-refractivity contribution in [2.75, 3.05) is 26.7 Å². The Morgan fingerprint density at radius 1 is 1.32 bits per heavy atom. The number of likely N-dealkylation sites (tertiary alicyclic amines) is 1. The van der Waals surface area contributed by atoms with Gasteiger partial charge in [-0.1, -0.05) is 12.1 Å². The first kappa shape index (κ1) is 14.4. The van der Waals surface area contributed by atoms with Crippen LogP contribution in [-0.4, -0.2) is 31.6 Å². The van der Waals surface area contributed by atoms with Gasteiger partial charge in [-0.15, -0.1) is 0 Å². The van der Waals surface area contributed by atoms with Crippen molar-refractivity contribution in [1.82, 2.24) is 10.2 Å². The van der Waals surface area contributed by atoms with Crippen LogP contribution in [0.3, 0.4) is 0 Å². The summed E-state index contributed by atoms with van der Waals surface area (Å²) in [6.45, 7) is 4.89. The average molecular weight is 268 g/mol. The van der Waals surface area contributed by atoms with Crippen molar-refractivity contribution in [3.63, 3.8) is 0 Å².